The van der Waals surface area contributed by atoms with Crippen molar-refractivity contribution in [1.82, 2.24) is 9.97 Å². The van der Waals surface area contributed by atoms with Crippen LogP contribution in [0.25, 0.3) is 0 Å². The van der Waals surface area contributed by atoms with Gasteiger partial charge in [0.1, 0.15) is 5.03 Å². The second-order valence-corrected chi connectivity index (χ2v) is 4.79. The minimum Gasteiger partial charge on any atom is -0.476 e. The Bertz CT molecular complexity index is 471. The lowest BCUT2D eigenvalue weighted by Crippen LogP contribution is -2.03. The Labute approximate surface area is 94.0 Å². The van der Waals surface area contributed by atoms with Crippen molar-refractivity contribution in [3.8, 4) is 0 Å². The fraction of sp³-hybridized carbons (Fsp3) is 0. The Morgan fingerprint density at radius 3 is 2.87 bits per heavy atom. The smallest absolute Gasteiger partial charge is 0.357 e. The molecule has 76 valence electrons. The van der Waals surface area contributed by atoms with E-state index >= 15 is 0 Å². The molecule has 0 aliphatic rings. The van der Waals surface area contributed by atoms with Crippen molar-refractivity contribution in [2.75, 3.05) is 0 Å². The molecule has 2 rings (SSSR count). The standard InChI is InChI=1S/C9H6N2O2S2/c12-9(13)7-8(11-4-3-10-7)15-6-2-1-5-14-6/h1-5H,(H,12,13). The summed E-state index contributed by atoms with van der Waals surface area (Å²) in [6.07, 6.45) is 2.87. The van der Waals surface area contributed by atoms with E-state index in [-0.39, 0.29) is 5.69 Å². The number of carboxylic acid groups (broad SMARTS) is 1. The Kier molecular flexibility index (Phi) is 2.98. The van der Waals surface area contributed by atoms with Gasteiger partial charge in [-0.1, -0.05) is 17.8 Å². The van der Waals surface area contributed by atoms with Crippen molar-refractivity contribution in [1.29, 1.82) is 0 Å². The number of nitrogens with zero attached hydrogens (tertiary/aromatic N) is 2. The van der Waals surface area contributed by atoms with Gasteiger partial charge < -0.3 is 5.11 Å². The van der Waals surface area contributed by atoms with E-state index in [1.165, 1.54) is 24.2 Å². The normalized spacial score (nSPS) is 10.1. The van der Waals surface area contributed by atoms with Crippen LogP contribution in [0.3, 0.4) is 0 Å². The molecule has 2 heterocycles. The van der Waals surface area contributed by atoms with Crippen LogP contribution in [0.2, 0.25) is 0 Å². The van der Waals surface area contributed by atoms with E-state index in [1.807, 2.05) is 17.5 Å². The topological polar surface area (TPSA) is 63.1 Å². The molecule has 0 amide bonds. The summed E-state index contributed by atoms with van der Waals surface area (Å²) in [5, 5.41) is 11.2. The summed E-state index contributed by atoms with van der Waals surface area (Å²) >= 11 is 2.85. The molecule has 6 heteroatoms. The van der Waals surface area contributed by atoms with Gasteiger partial charge in [0, 0.05) is 12.4 Å². The first-order valence-corrected chi connectivity index (χ1v) is 5.72. The van der Waals surface area contributed by atoms with Crippen LogP contribution in [-0.4, -0.2) is 21.0 Å². The van der Waals surface area contributed by atoms with Crippen molar-refractivity contribution >= 4 is 29.1 Å². The predicted molar refractivity (Wildman–Crippen MR) is 57.4 cm³/mol. The SMILES string of the molecule is O=C(O)c1nccnc1Sc1cccs1. The monoisotopic (exact) mass is 238 g/mol. The second-order valence-electron chi connectivity index (χ2n) is 2.55. The largest absolute Gasteiger partial charge is 0.476 e. The van der Waals surface area contributed by atoms with Crippen LogP contribution in [0.5, 0.6) is 0 Å². The summed E-state index contributed by atoms with van der Waals surface area (Å²) in [6.45, 7) is 0. The molecule has 0 spiro atoms. The average Bonchev–Trinajstić information content (AvgIpc) is 2.71. The fourth-order valence-corrected chi connectivity index (χ4v) is 2.70. The Balaban J connectivity index is 2.32. The Morgan fingerprint density at radius 2 is 2.20 bits per heavy atom. The minimum absolute atomic E-state index is 0.00380. The van der Waals surface area contributed by atoms with Gasteiger partial charge in [0.2, 0.25) is 0 Å². The highest BCUT2D eigenvalue weighted by molar-refractivity contribution is 8.01. The number of carboxylic acids is 1. The molecule has 0 saturated heterocycles. The third kappa shape index (κ3) is 2.34. The van der Waals surface area contributed by atoms with Crippen molar-refractivity contribution < 1.29 is 9.90 Å². The van der Waals surface area contributed by atoms with Crippen molar-refractivity contribution in [2.45, 2.75) is 9.24 Å². The maximum Gasteiger partial charge on any atom is 0.357 e. The zero-order valence-electron chi connectivity index (χ0n) is 7.45. The summed E-state index contributed by atoms with van der Waals surface area (Å²) in [5.41, 5.74) is -0.00380. The number of aromatic nitrogens is 2. The molecule has 2 aromatic rings. The molecule has 0 saturated carbocycles. The molecule has 0 aliphatic carbocycles. The highest BCUT2D eigenvalue weighted by Crippen LogP contribution is 2.31. The van der Waals surface area contributed by atoms with E-state index in [4.69, 9.17) is 5.11 Å². The number of thiophene rings is 1. The van der Waals surface area contributed by atoms with Crippen molar-refractivity contribution in [3.05, 3.63) is 35.6 Å². The lowest BCUT2D eigenvalue weighted by molar-refractivity contribution is 0.0685. The number of aromatic carboxylic acids is 1. The third-order valence-corrected chi connectivity index (χ3v) is 3.59. The van der Waals surface area contributed by atoms with E-state index in [0.29, 0.717) is 5.03 Å². The maximum absolute atomic E-state index is 10.8. The van der Waals surface area contributed by atoms with Crippen LogP contribution in [-0.2, 0) is 0 Å². The molecular formula is C9H6N2O2S2. The first-order valence-electron chi connectivity index (χ1n) is 4.03. The number of carbonyl (C=O) groups is 1. The molecule has 0 atom stereocenters. The van der Waals surface area contributed by atoms with E-state index < -0.39 is 5.97 Å². The van der Waals surface area contributed by atoms with Gasteiger partial charge in [-0.25, -0.2) is 14.8 Å². The van der Waals surface area contributed by atoms with Gasteiger partial charge in [-0.05, 0) is 11.4 Å². The van der Waals surface area contributed by atoms with Crippen LogP contribution in [0.15, 0.2) is 39.1 Å². The van der Waals surface area contributed by atoms with Crippen LogP contribution >= 0.6 is 23.1 Å². The van der Waals surface area contributed by atoms with Gasteiger partial charge in [-0.15, -0.1) is 11.3 Å². The highest BCUT2D eigenvalue weighted by Gasteiger charge is 2.13. The molecular weight excluding hydrogens is 232 g/mol. The lowest BCUT2D eigenvalue weighted by Gasteiger charge is -2.00. The average molecular weight is 238 g/mol. The van der Waals surface area contributed by atoms with E-state index in [9.17, 15) is 4.79 Å². The van der Waals surface area contributed by atoms with Gasteiger partial charge >= 0.3 is 5.97 Å². The number of hydrogen-bond donors (Lipinski definition) is 1. The van der Waals surface area contributed by atoms with E-state index in [2.05, 4.69) is 9.97 Å². The van der Waals surface area contributed by atoms with Gasteiger partial charge in [0.25, 0.3) is 0 Å². The van der Waals surface area contributed by atoms with Crippen molar-refractivity contribution in [3.63, 3.8) is 0 Å². The Hall–Kier alpha value is -1.40. The molecule has 0 aromatic carbocycles. The van der Waals surface area contributed by atoms with Crippen LogP contribution in [0, 0.1) is 0 Å². The second kappa shape index (κ2) is 4.41. The quantitative estimate of drug-likeness (QED) is 0.889. The summed E-state index contributed by atoms with van der Waals surface area (Å²) in [7, 11) is 0. The summed E-state index contributed by atoms with van der Waals surface area (Å²) < 4.78 is 0.998. The first kappa shape index (κ1) is 10.1. The first-order chi connectivity index (χ1) is 7.27. The molecule has 4 nitrogen and oxygen atoms in total. The molecule has 0 bridgehead atoms. The number of rotatable bonds is 3. The summed E-state index contributed by atoms with van der Waals surface area (Å²) in [4.78, 5) is 18.6. The van der Waals surface area contributed by atoms with Crippen molar-refractivity contribution in [2.24, 2.45) is 0 Å². The molecule has 0 fully saturated rings. The van der Waals surface area contributed by atoms with Gasteiger partial charge in [-0.2, -0.15) is 0 Å². The third-order valence-electron chi connectivity index (χ3n) is 1.56. The zero-order valence-corrected chi connectivity index (χ0v) is 9.09. The summed E-state index contributed by atoms with van der Waals surface area (Å²) in [6, 6.07) is 3.82. The lowest BCUT2D eigenvalue weighted by atomic mass is 10.5. The maximum atomic E-state index is 10.8. The van der Waals surface area contributed by atoms with Gasteiger partial charge in [0.05, 0.1) is 4.21 Å². The zero-order chi connectivity index (χ0) is 10.7. The van der Waals surface area contributed by atoms with Gasteiger partial charge in [0.15, 0.2) is 5.69 Å². The molecule has 1 N–H and O–H groups in total. The van der Waals surface area contributed by atoms with E-state index in [0.717, 1.165) is 4.21 Å². The molecule has 15 heavy (non-hydrogen) atoms. The summed E-state index contributed by atoms with van der Waals surface area (Å²) in [5.74, 6) is -1.05. The van der Waals surface area contributed by atoms with Crippen LogP contribution in [0.4, 0.5) is 0 Å². The highest BCUT2D eigenvalue weighted by atomic mass is 32.2. The predicted octanol–water partition coefficient (Wildman–Crippen LogP) is 2.39. The van der Waals surface area contributed by atoms with Crippen LogP contribution < -0.4 is 0 Å². The number of hydrogen-bond acceptors (Lipinski definition) is 5. The Morgan fingerprint density at radius 1 is 1.40 bits per heavy atom. The molecule has 0 unspecified atom stereocenters. The molecule has 0 radical (unpaired) electrons. The van der Waals surface area contributed by atoms with Crippen LogP contribution in [0.1, 0.15) is 10.5 Å². The molecule has 2 aromatic heterocycles. The molecule has 0 aliphatic heterocycles. The van der Waals surface area contributed by atoms with E-state index in [1.54, 1.807) is 11.3 Å². The fourth-order valence-electron chi connectivity index (χ4n) is 0.963. The minimum atomic E-state index is -1.05. The van der Waals surface area contributed by atoms with Gasteiger partial charge in [-0.3, -0.25) is 0 Å².